The van der Waals surface area contributed by atoms with Crippen molar-refractivity contribution >= 4 is 29.6 Å². The van der Waals surface area contributed by atoms with Crippen LogP contribution in [0.15, 0.2) is 54.6 Å². The molecule has 1 aliphatic heterocycles. The van der Waals surface area contributed by atoms with E-state index < -0.39 is 29.9 Å². The van der Waals surface area contributed by atoms with E-state index in [2.05, 4.69) is 10.6 Å². The number of ether oxygens (including phenoxy) is 1. The summed E-state index contributed by atoms with van der Waals surface area (Å²) in [5.74, 6) is -2.37. The standard InChI is InChI=1S/C23H25N3O6/c1-2-32-22(30)16-9-6-10-17(13-16)25-23(31)24-14-19(27)26-12-11-18(20(26)21(28)29)15-7-4-3-5-8-15/h3-10,13,18,20H,2,11-12,14H2,1H3,(H,28,29)(H2,24,25,31)/t18-,20-/m1/s1. The molecule has 0 aliphatic carbocycles. The zero-order valence-corrected chi connectivity index (χ0v) is 17.6. The Morgan fingerprint density at radius 3 is 2.53 bits per heavy atom. The van der Waals surface area contributed by atoms with Gasteiger partial charge in [0.05, 0.1) is 18.7 Å². The fraction of sp³-hybridized carbons (Fsp3) is 0.304. The quantitative estimate of drug-likeness (QED) is 0.569. The molecule has 0 radical (unpaired) electrons. The molecular weight excluding hydrogens is 414 g/mol. The van der Waals surface area contributed by atoms with E-state index in [4.69, 9.17) is 4.74 Å². The molecule has 2 atom stereocenters. The summed E-state index contributed by atoms with van der Waals surface area (Å²) in [5, 5.41) is 14.7. The average Bonchev–Trinajstić information content (AvgIpc) is 3.24. The summed E-state index contributed by atoms with van der Waals surface area (Å²) in [7, 11) is 0. The monoisotopic (exact) mass is 439 g/mol. The number of nitrogens with zero attached hydrogens (tertiary/aromatic N) is 1. The second kappa shape index (κ2) is 10.4. The lowest BCUT2D eigenvalue weighted by Crippen LogP contribution is -2.47. The summed E-state index contributed by atoms with van der Waals surface area (Å²) in [6, 6.07) is 13.8. The van der Waals surface area contributed by atoms with Crippen LogP contribution in [0.5, 0.6) is 0 Å². The van der Waals surface area contributed by atoms with E-state index in [1.165, 1.54) is 11.0 Å². The number of carbonyl (C=O) groups excluding carboxylic acids is 3. The Morgan fingerprint density at radius 2 is 1.84 bits per heavy atom. The second-order valence-corrected chi connectivity index (χ2v) is 7.29. The van der Waals surface area contributed by atoms with Gasteiger partial charge in [-0.1, -0.05) is 36.4 Å². The zero-order chi connectivity index (χ0) is 23.1. The van der Waals surface area contributed by atoms with Gasteiger partial charge in [0.15, 0.2) is 0 Å². The van der Waals surface area contributed by atoms with Crippen LogP contribution in [0.1, 0.15) is 35.2 Å². The van der Waals surface area contributed by atoms with Gasteiger partial charge in [-0.2, -0.15) is 0 Å². The summed E-state index contributed by atoms with van der Waals surface area (Å²) in [6.45, 7) is 1.87. The van der Waals surface area contributed by atoms with E-state index in [1.807, 2.05) is 30.3 Å². The summed E-state index contributed by atoms with van der Waals surface area (Å²) in [6.07, 6.45) is 0.527. The molecule has 2 aromatic carbocycles. The molecule has 1 saturated heterocycles. The molecule has 2 aromatic rings. The van der Waals surface area contributed by atoms with Gasteiger partial charge in [0.2, 0.25) is 5.91 Å². The topological polar surface area (TPSA) is 125 Å². The van der Waals surface area contributed by atoms with E-state index in [9.17, 15) is 24.3 Å². The fourth-order valence-corrected chi connectivity index (χ4v) is 3.80. The number of carboxylic acids is 1. The predicted octanol–water partition coefficient (Wildman–Crippen LogP) is 2.45. The Labute approximate surface area is 185 Å². The highest BCUT2D eigenvalue weighted by molar-refractivity contribution is 5.95. The Balaban J connectivity index is 1.58. The molecule has 1 aliphatic rings. The van der Waals surface area contributed by atoms with Gasteiger partial charge in [-0.25, -0.2) is 14.4 Å². The van der Waals surface area contributed by atoms with Gasteiger partial charge in [-0.05, 0) is 37.1 Å². The highest BCUT2D eigenvalue weighted by Crippen LogP contribution is 2.33. The van der Waals surface area contributed by atoms with Crippen LogP contribution in [0.25, 0.3) is 0 Å². The largest absolute Gasteiger partial charge is 0.480 e. The molecule has 0 spiro atoms. The van der Waals surface area contributed by atoms with Crippen molar-refractivity contribution in [2.45, 2.75) is 25.3 Å². The van der Waals surface area contributed by atoms with Crippen LogP contribution in [0, 0.1) is 0 Å². The number of amides is 3. The lowest BCUT2D eigenvalue weighted by Gasteiger charge is -2.25. The molecule has 0 saturated carbocycles. The number of aliphatic carboxylic acids is 1. The third-order valence-electron chi connectivity index (χ3n) is 5.23. The van der Waals surface area contributed by atoms with E-state index in [0.717, 1.165) is 5.56 Å². The summed E-state index contributed by atoms with van der Waals surface area (Å²) < 4.78 is 4.93. The molecule has 1 heterocycles. The van der Waals surface area contributed by atoms with Gasteiger partial charge in [-0.3, -0.25) is 4.79 Å². The minimum Gasteiger partial charge on any atom is -0.480 e. The number of hydrogen-bond donors (Lipinski definition) is 3. The van der Waals surface area contributed by atoms with Gasteiger partial charge >= 0.3 is 18.0 Å². The molecule has 0 aromatic heterocycles. The smallest absolute Gasteiger partial charge is 0.338 e. The van der Waals surface area contributed by atoms with Gasteiger partial charge < -0.3 is 25.4 Å². The van der Waals surface area contributed by atoms with Crippen LogP contribution in [-0.4, -0.2) is 59.6 Å². The van der Waals surface area contributed by atoms with Crippen molar-refractivity contribution in [1.29, 1.82) is 0 Å². The van der Waals surface area contributed by atoms with Crippen LogP contribution in [0.4, 0.5) is 10.5 Å². The van der Waals surface area contributed by atoms with Crippen molar-refractivity contribution in [3.05, 3.63) is 65.7 Å². The van der Waals surface area contributed by atoms with E-state index >= 15 is 0 Å². The number of rotatable bonds is 7. The third kappa shape index (κ3) is 5.42. The summed E-state index contributed by atoms with van der Waals surface area (Å²) in [4.78, 5) is 49.9. The first kappa shape index (κ1) is 22.8. The number of likely N-dealkylation sites (tertiary alicyclic amines) is 1. The number of benzene rings is 2. The Morgan fingerprint density at radius 1 is 1.09 bits per heavy atom. The maximum absolute atomic E-state index is 12.7. The Hall–Kier alpha value is -3.88. The SMILES string of the molecule is CCOC(=O)c1cccc(NC(=O)NCC(=O)N2CC[C@H](c3ccccc3)[C@@H]2C(=O)O)c1. The van der Waals surface area contributed by atoms with Crippen LogP contribution < -0.4 is 10.6 Å². The molecule has 0 bridgehead atoms. The van der Waals surface area contributed by atoms with Crippen LogP contribution in [-0.2, 0) is 14.3 Å². The first-order chi connectivity index (χ1) is 15.4. The number of carbonyl (C=O) groups is 4. The van der Waals surface area contributed by atoms with E-state index in [0.29, 0.717) is 18.7 Å². The number of carboxylic acid groups (broad SMARTS) is 1. The number of urea groups is 1. The van der Waals surface area contributed by atoms with Gasteiger partial charge in [0.1, 0.15) is 6.04 Å². The molecule has 168 valence electrons. The van der Waals surface area contributed by atoms with Crippen molar-refractivity contribution < 1.29 is 29.0 Å². The van der Waals surface area contributed by atoms with Crippen LogP contribution in [0.3, 0.4) is 0 Å². The highest BCUT2D eigenvalue weighted by atomic mass is 16.5. The highest BCUT2D eigenvalue weighted by Gasteiger charge is 2.42. The predicted molar refractivity (Wildman–Crippen MR) is 116 cm³/mol. The third-order valence-corrected chi connectivity index (χ3v) is 5.23. The van der Waals surface area contributed by atoms with Gasteiger partial charge in [-0.15, -0.1) is 0 Å². The minimum absolute atomic E-state index is 0.234. The first-order valence-corrected chi connectivity index (χ1v) is 10.3. The molecule has 0 unspecified atom stereocenters. The molecular formula is C23H25N3O6. The van der Waals surface area contributed by atoms with Crippen molar-refractivity contribution in [2.24, 2.45) is 0 Å². The fourth-order valence-electron chi connectivity index (χ4n) is 3.80. The number of anilines is 1. The van der Waals surface area contributed by atoms with Gasteiger partial charge in [0.25, 0.3) is 0 Å². The Kier molecular flexibility index (Phi) is 7.43. The normalized spacial score (nSPS) is 17.5. The lowest BCUT2D eigenvalue weighted by atomic mass is 9.92. The molecule has 3 N–H and O–H groups in total. The molecule has 3 amide bonds. The molecule has 3 rings (SSSR count). The number of nitrogens with one attached hydrogen (secondary N) is 2. The number of esters is 1. The molecule has 1 fully saturated rings. The van der Waals surface area contributed by atoms with Crippen LogP contribution >= 0.6 is 0 Å². The average molecular weight is 439 g/mol. The van der Waals surface area contributed by atoms with Crippen molar-refractivity contribution in [2.75, 3.05) is 25.0 Å². The van der Waals surface area contributed by atoms with Crippen molar-refractivity contribution in [3.63, 3.8) is 0 Å². The zero-order valence-electron chi connectivity index (χ0n) is 17.6. The lowest BCUT2D eigenvalue weighted by molar-refractivity contribution is -0.148. The van der Waals surface area contributed by atoms with Crippen molar-refractivity contribution in [1.82, 2.24) is 10.2 Å². The second-order valence-electron chi connectivity index (χ2n) is 7.29. The van der Waals surface area contributed by atoms with E-state index in [1.54, 1.807) is 25.1 Å². The maximum atomic E-state index is 12.7. The molecule has 32 heavy (non-hydrogen) atoms. The van der Waals surface area contributed by atoms with Crippen LogP contribution in [0.2, 0.25) is 0 Å². The molecule has 9 heteroatoms. The summed E-state index contributed by atoms with van der Waals surface area (Å²) in [5.41, 5.74) is 1.51. The number of hydrogen-bond acceptors (Lipinski definition) is 5. The maximum Gasteiger partial charge on any atom is 0.338 e. The van der Waals surface area contributed by atoms with Crippen molar-refractivity contribution in [3.8, 4) is 0 Å². The minimum atomic E-state index is -1.08. The Bertz CT molecular complexity index is 994. The van der Waals surface area contributed by atoms with Gasteiger partial charge in [0, 0.05) is 18.2 Å². The molecule has 9 nitrogen and oxygen atoms in total. The summed E-state index contributed by atoms with van der Waals surface area (Å²) >= 11 is 0. The van der Waals surface area contributed by atoms with E-state index in [-0.39, 0.29) is 24.6 Å². The first-order valence-electron chi connectivity index (χ1n) is 10.3.